The summed E-state index contributed by atoms with van der Waals surface area (Å²) in [4.78, 5) is 11.4. The molecule has 5 nitrogen and oxygen atoms in total. The Morgan fingerprint density at radius 2 is 2.27 bits per heavy atom. The van der Waals surface area contributed by atoms with Gasteiger partial charge >= 0.3 is 0 Å². The van der Waals surface area contributed by atoms with Gasteiger partial charge in [-0.3, -0.25) is 4.79 Å². The normalized spacial score (nSPS) is 12.0. The monoisotopic (exact) mass is 209 g/mol. The van der Waals surface area contributed by atoms with Gasteiger partial charge in [0.25, 0.3) is 5.91 Å². The second kappa shape index (κ2) is 4.25. The zero-order chi connectivity index (χ0) is 11.5. The SMILES string of the molecule is Cc1cc(C(=O)N/N=C/C(C)(C)C)no1. The number of nitrogens with zero attached hydrogens (tertiary/aromatic N) is 2. The van der Waals surface area contributed by atoms with Gasteiger partial charge in [-0.1, -0.05) is 25.9 Å². The van der Waals surface area contributed by atoms with E-state index in [2.05, 4.69) is 15.7 Å². The van der Waals surface area contributed by atoms with E-state index in [0.29, 0.717) is 5.76 Å². The van der Waals surface area contributed by atoms with E-state index in [1.807, 2.05) is 20.8 Å². The summed E-state index contributed by atoms with van der Waals surface area (Å²) in [5.74, 6) is 0.229. The average Bonchev–Trinajstić information content (AvgIpc) is 2.49. The van der Waals surface area contributed by atoms with Crippen LogP contribution < -0.4 is 5.43 Å². The molecule has 82 valence electrons. The van der Waals surface area contributed by atoms with Crippen LogP contribution in [0.5, 0.6) is 0 Å². The first-order chi connectivity index (χ1) is 6.88. The average molecular weight is 209 g/mol. The number of aryl methyl sites for hydroxylation is 1. The molecule has 0 fully saturated rings. The van der Waals surface area contributed by atoms with Crippen LogP contribution in [0.4, 0.5) is 0 Å². The molecule has 0 aliphatic rings. The number of aromatic nitrogens is 1. The predicted octanol–water partition coefficient (Wildman–Crippen LogP) is 1.74. The van der Waals surface area contributed by atoms with E-state index < -0.39 is 0 Å². The van der Waals surface area contributed by atoms with Crippen LogP contribution in [0.1, 0.15) is 37.0 Å². The van der Waals surface area contributed by atoms with E-state index in [1.54, 1.807) is 19.2 Å². The molecule has 0 saturated carbocycles. The van der Waals surface area contributed by atoms with Crippen LogP contribution in [0.2, 0.25) is 0 Å². The Balaban J connectivity index is 2.54. The van der Waals surface area contributed by atoms with Crippen LogP contribution >= 0.6 is 0 Å². The number of carbonyl (C=O) groups is 1. The maximum absolute atomic E-state index is 11.4. The summed E-state index contributed by atoms with van der Waals surface area (Å²) >= 11 is 0. The molecule has 0 unspecified atom stereocenters. The molecule has 0 spiro atoms. The summed E-state index contributed by atoms with van der Waals surface area (Å²) in [6.45, 7) is 7.69. The summed E-state index contributed by atoms with van der Waals surface area (Å²) in [7, 11) is 0. The lowest BCUT2D eigenvalue weighted by Gasteiger charge is -2.09. The molecular formula is C10H15N3O2. The number of hydrogen-bond acceptors (Lipinski definition) is 4. The maximum Gasteiger partial charge on any atom is 0.293 e. The molecule has 0 aromatic carbocycles. The van der Waals surface area contributed by atoms with E-state index in [0.717, 1.165) is 0 Å². The third-order valence-electron chi connectivity index (χ3n) is 1.48. The smallest absolute Gasteiger partial charge is 0.293 e. The molecule has 1 N–H and O–H groups in total. The Kier molecular flexibility index (Phi) is 3.24. The molecule has 0 radical (unpaired) electrons. The first kappa shape index (κ1) is 11.4. The summed E-state index contributed by atoms with van der Waals surface area (Å²) in [6.07, 6.45) is 1.66. The molecule has 1 rings (SSSR count). The summed E-state index contributed by atoms with van der Waals surface area (Å²) in [5.41, 5.74) is 2.55. The molecule has 1 aromatic heterocycles. The van der Waals surface area contributed by atoms with Gasteiger partial charge < -0.3 is 4.52 Å². The van der Waals surface area contributed by atoms with E-state index in [1.165, 1.54) is 0 Å². The van der Waals surface area contributed by atoms with Crippen LogP contribution in [0.3, 0.4) is 0 Å². The number of nitrogens with one attached hydrogen (secondary N) is 1. The first-order valence-corrected chi connectivity index (χ1v) is 4.66. The van der Waals surface area contributed by atoms with Crippen molar-refractivity contribution in [2.75, 3.05) is 0 Å². The Hall–Kier alpha value is -1.65. The van der Waals surface area contributed by atoms with E-state index in [4.69, 9.17) is 4.52 Å². The van der Waals surface area contributed by atoms with Crippen LogP contribution in [0, 0.1) is 12.3 Å². The largest absolute Gasteiger partial charge is 0.361 e. The quantitative estimate of drug-likeness (QED) is 0.596. The molecule has 0 bridgehead atoms. The maximum atomic E-state index is 11.4. The van der Waals surface area contributed by atoms with Crippen LogP contribution in [0.15, 0.2) is 15.7 Å². The minimum absolute atomic E-state index is 0.0625. The van der Waals surface area contributed by atoms with Crippen molar-refractivity contribution >= 4 is 12.1 Å². The summed E-state index contributed by atoms with van der Waals surface area (Å²) < 4.78 is 4.77. The van der Waals surface area contributed by atoms with Crippen molar-refractivity contribution in [3.8, 4) is 0 Å². The first-order valence-electron chi connectivity index (χ1n) is 4.66. The van der Waals surface area contributed by atoms with Gasteiger partial charge in [-0.2, -0.15) is 5.10 Å². The molecule has 0 aliphatic heterocycles. The molecule has 1 amide bonds. The van der Waals surface area contributed by atoms with Crippen molar-refractivity contribution in [1.82, 2.24) is 10.6 Å². The van der Waals surface area contributed by atoms with Crippen molar-refractivity contribution in [3.63, 3.8) is 0 Å². The van der Waals surface area contributed by atoms with Gasteiger partial charge in [-0.05, 0) is 12.3 Å². The molecule has 0 saturated heterocycles. The molecule has 0 aliphatic carbocycles. The zero-order valence-electron chi connectivity index (χ0n) is 9.37. The van der Waals surface area contributed by atoms with Gasteiger partial charge in [-0.15, -0.1) is 0 Å². The fraction of sp³-hybridized carbons (Fsp3) is 0.500. The van der Waals surface area contributed by atoms with E-state index in [9.17, 15) is 4.79 Å². The van der Waals surface area contributed by atoms with Crippen molar-refractivity contribution in [2.45, 2.75) is 27.7 Å². The Morgan fingerprint density at radius 3 is 2.73 bits per heavy atom. The number of hydrazone groups is 1. The van der Waals surface area contributed by atoms with Crippen molar-refractivity contribution < 1.29 is 9.32 Å². The molecule has 1 heterocycles. The molecule has 0 atom stereocenters. The molecule has 15 heavy (non-hydrogen) atoms. The molecule has 1 aromatic rings. The zero-order valence-corrected chi connectivity index (χ0v) is 9.37. The van der Waals surface area contributed by atoms with Crippen molar-refractivity contribution in [3.05, 3.63) is 17.5 Å². The highest BCUT2D eigenvalue weighted by Gasteiger charge is 2.10. The van der Waals surface area contributed by atoms with Gasteiger partial charge in [0, 0.05) is 12.3 Å². The number of hydrogen-bond donors (Lipinski definition) is 1. The summed E-state index contributed by atoms with van der Waals surface area (Å²) in [6, 6.07) is 1.56. The van der Waals surface area contributed by atoms with E-state index in [-0.39, 0.29) is 17.0 Å². The third kappa shape index (κ3) is 3.93. The Labute approximate surface area is 88.5 Å². The molecule has 5 heteroatoms. The standard InChI is InChI=1S/C10H15N3O2/c1-7-5-8(13-15-7)9(14)12-11-6-10(2,3)4/h5-6H,1-4H3,(H,12,14)/b11-6+. The van der Waals surface area contributed by atoms with Gasteiger partial charge in [-0.25, -0.2) is 5.43 Å². The Morgan fingerprint density at radius 1 is 1.60 bits per heavy atom. The van der Waals surface area contributed by atoms with Gasteiger partial charge in [0.05, 0.1) is 0 Å². The Bertz CT molecular complexity index is 374. The lowest BCUT2D eigenvalue weighted by atomic mass is 9.99. The highest BCUT2D eigenvalue weighted by Crippen LogP contribution is 2.07. The summed E-state index contributed by atoms with van der Waals surface area (Å²) in [5, 5.41) is 7.39. The minimum Gasteiger partial charge on any atom is -0.361 e. The second-order valence-electron chi connectivity index (χ2n) is 4.39. The highest BCUT2D eigenvalue weighted by molar-refractivity contribution is 5.92. The third-order valence-corrected chi connectivity index (χ3v) is 1.48. The van der Waals surface area contributed by atoms with Crippen LogP contribution in [-0.2, 0) is 0 Å². The van der Waals surface area contributed by atoms with Crippen molar-refractivity contribution in [1.29, 1.82) is 0 Å². The van der Waals surface area contributed by atoms with Gasteiger partial charge in [0.15, 0.2) is 5.69 Å². The van der Waals surface area contributed by atoms with Crippen molar-refractivity contribution in [2.24, 2.45) is 10.5 Å². The fourth-order valence-electron chi connectivity index (χ4n) is 0.815. The minimum atomic E-state index is -0.368. The second-order valence-corrected chi connectivity index (χ2v) is 4.39. The lowest BCUT2D eigenvalue weighted by Crippen LogP contribution is -2.20. The number of rotatable bonds is 2. The number of carbonyl (C=O) groups excluding carboxylic acids is 1. The number of amides is 1. The van der Waals surface area contributed by atoms with Crippen LogP contribution in [0.25, 0.3) is 0 Å². The lowest BCUT2D eigenvalue weighted by molar-refractivity contribution is 0.0946. The highest BCUT2D eigenvalue weighted by atomic mass is 16.5. The van der Waals surface area contributed by atoms with Crippen LogP contribution in [-0.4, -0.2) is 17.3 Å². The molecular weight excluding hydrogens is 194 g/mol. The topological polar surface area (TPSA) is 67.5 Å². The van der Waals surface area contributed by atoms with E-state index >= 15 is 0 Å². The van der Waals surface area contributed by atoms with Gasteiger partial charge in [0.1, 0.15) is 5.76 Å². The van der Waals surface area contributed by atoms with Gasteiger partial charge in [0.2, 0.25) is 0 Å². The fourth-order valence-corrected chi connectivity index (χ4v) is 0.815. The predicted molar refractivity (Wildman–Crippen MR) is 56.7 cm³/mol.